The molecule has 102 valence electrons. The zero-order valence-electron chi connectivity index (χ0n) is 10.7. The zero-order valence-corrected chi connectivity index (χ0v) is 11.4. The van der Waals surface area contributed by atoms with E-state index in [2.05, 4.69) is 5.32 Å². The van der Waals surface area contributed by atoms with E-state index in [0.29, 0.717) is 18.1 Å². The number of halogens is 1. The van der Waals surface area contributed by atoms with Gasteiger partial charge in [-0.05, 0) is 50.2 Å². The van der Waals surface area contributed by atoms with Crippen molar-refractivity contribution in [2.75, 3.05) is 26.2 Å². The van der Waals surface area contributed by atoms with Crippen molar-refractivity contribution in [3.05, 3.63) is 28.8 Å². The van der Waals surface area contributed by atoms with Gasteiger partial charge in [0.15, 0.2) is 0 Å². The van der Waals surface area contributed by atoms with Crippen LogP contribution >= 0.6 is 11.6 Å². The van der Waals surface area contributed by atoms with Crippen molar-refractivity contribution in [1.82, 2.24) is 5.32 Å². The Morgan fingerprint density at radius 1 is 1.50 bits per heavy atom. The molecule has 1 aromatic carbocycles. The first-order valence-electron chi connectivity index (χ1n) is 6.11. The maximum Gasteiger partial charge on any atom is 0.119 e. The number of rotatable bonds is 8. The summed E-state index contributed by atoms with van der Waals surface area (Å²) < 4.78 is 5.49. The lowest BCUT2D eigenvalue weighted by molar-refractivity contribution is 0.106. The van der Waals surface area contributed by atoms with E-state index in [9.17, 15) is 5.11 Å². The van der Waals surface area contributed by atoms with Crippen LogP contribution in [0, 0.1) is 6.92 Å². The fraction of sp³-hybridized carbons (Fsp3) is 0.538. The highest BCUT2D eigenvalue weighted by atomic mass is 35.5. The standard InChI is InChI=1S/C13H21ClN2O2/c1-10-7-12(3-4-13(10)14)18-9-11(17)8-16-6-2-5-15/h3-4,7,11,16-17H,2,5-6,8-9,15H2,1H3. The molecule has 18 heavy (non-hydrogen) atoms. The second-order valence-electron chi connectivity index (χ2n) is 4.22. The smallest absolute Gasteiger partial charge is 0.119 e. The van der Waals surface area contributed by atoms with Crippen LogP contribution in [0.5, 0.6) is 5.75 Å². The highest BCUT2D eigenvalue weighted by Crippen LogP contribution is 2.20. The lowest BCUT2D eigenvalue weighted by Gasteiger charge is -2.13. The molecule has 0 amide bonds. The summed E-state index contributed by atoms with van der Waals surface area (Å²) in [5.74, 6) is 0.720. The highest BCUT2D eigenvalue weighted by Gasteiger charge is 2.05. The van der Waals surface area contributed by atoms with E-state index in [-0.39, 0.29) is 6.61 Å². The molecule has 0 fully saturated rings. The van der Waals surface area contributed by atoms with Crippen LogP contribution in [0.25, 0.3) is 0 Å². The van der Waals surface area contributed by atoms with Gasteiger partial charge in [-0.2, -0.15) is 0 Å². The molecule has 1 aromatic rings. The van der Waals surface area contributed by atoms with E-state index in [1.807, 2.05) is 13.0 Å². The summed E-state index contributed by atoms with van der Waals surface area (Å²) >= 11 is 5.92. The topological polar surface area (TPSA) is 67.5 Å². The van der Waals surface area contributed by atoms with Gasteiger partial charge in [-0.3, -0.25) is 0 Å². The number of aryl methyl sites for hydroxylation is 1. The first-order chi connectivity index (χ1) is 8.63. The van der Waals surface area contributed by atoms with Crippen LogP contribution in [-0.2, 0) is 0 Å². The fourth-order valence-electron chi connectivity index (χ4n) is 1.45. The number of aliphatic hydroxyl groups is 1. The highest BCUT2D eigenvalue weighted by molar-refractivity contribution is 6.31. The predicted molar refractivity (Wildman–Crippen MR) is 74.2 cm³/mol. The van der Waals surface area contributed by atoms with Crippen LogP contribution in [-0.4, -0.2) is 37.5 Å². The number of hydrogen-bond donors (Lipinski definition) is 3. The molecule has 5 heteroatoms. The molecule has 0 aromatic heterocycles. The first kappa shape index (κ1) is 15.2. The molecule has 4 N–H and O–H groups in total. The Morgan fingerprint density at radius 2 is 2.28 bits per heavy atom. The number of nitrogens with one attached hydrogen (secondary N) is 1. The van der Waals surface area contributed by atoms with Crippen LogP contribution < -0.4 is 15.8 Å². The number of aliphatic hydroxyl groups excluding tert-OH is 1. The minimum absolute atomic E-state index is 0.261. The number of nitrogens with two attached hydrogens (primary N) is 1. The Bertz CT molecular complexity index is 361. The maximum atomic E-state index is 9.69. The molecule has 0 spiro atoms. The van der Waals surface area contributed by atoms with Gasteiger partial charge in [-0.25, -0.2) is 0 Å². The summed E-state index contributed by atoms with van der Waals surface area (Å²) in [6.07, 6.45) is 0.378. The van der Waals surface area contributed by atoms with Gasteiger partial charge < -0.3 is 20.9 Å². The summed E-state index contributed by atoms with van der Waals surface area (Å²) in [5, 5.41) is 13.5. The third-order valence-electron chi connectivity index (χ3n) is 2.51. The predicted octanol–water partition coefficient (Wildman–Crippen LogP) is 1.33. The van der Waals surface area contributed by atoms with E-state index >= 15 is 0 Å². The van der Waals surface area contributed by atoms with E-state index in [1.54, 1.807) is 12.1 Å². The molecule has 0 bridgehead atoms. The molecule has 1 rings (SSSR count). The van der Waals surface area contributed by atoms with Crippen LogP contribution in [0.2, 0.25) is 5.02 Å². The summed E-state index contributed by atoms with van der Waals surface area (Å²) in [6, 6.07) is 5.44. The second kappa shape index (κ2) is 8.32. The first-order valence-corrected chi connectivity index (χ1v) is 6.49. The summed E-state index contributed by atoms with van der Waals surface area (Å²) in [4.78, 5) is 0. The molecule has 0 heterocycles. The van der Waals surface area contributed by atoms with Gasteiger partial charge in [0.05, 0.1) is 0 Å². The third kappa shape index (κ3) is 5.69. The Hall–Kier alpha value is -0.810. The third-order valence-corrected chi connectivity index (χ3v) is 2.93. The van der Waals surface area contributed by atoms with Gasteiger partial charge in [0.1, 0.15) is 18.5 Å². The molecule has 0 saturated heterocycles. The number of hydrogen-bond acceptors (Lipinski definition) is 4. The molecule has 1 atom stereocenters. The number of benzene rings is 1. The summed E-state index contributed by atoms with van der Waals surface area (Å²) in [7, 11) is 0. The summed E-state index contributed by atoms with van der Waals surface area (Å²) in [5.41, 5.74) is 6.33. The molecule has 0 radical (unpaired) electrons. The monoisotopic (exact) mass is 272 g/mol. The molecule has 4 nitrogen and oxygen atoms in total. The second-order valence-corrected chi connectivity index (χ2v) is 4.63. The number of ether oxygens (including phenoxy) is 1. The Labute approximate surface area is 113 Å². The molecule has 0 aliphatic carbocycles. The van der Waals surface area contributed by atoms with Crippen LogP contribution in [0.4, 0.5) is 0 Å². The minimum Gasteiger partial charge on any atom is -0.491 e. The SMILES string of the molecule is Cc1cc(OCC(O)CNCCCN)ccc1Cl. The molecular formula is C13H21ClN2O2. The lowest BCUT2D eigenvalue weighted by Crippen LogP contribution is -2.32. The molecule has 0 aliphatic heterocycles. The van der Waals surface area contributed by atoms with Gasteiger partial charge in [0, 0.05) is 11.6 Å². The van der Waals surface area contributed by atoms with E-state index in [1.165, 1.54) is 0 Å². The fourth-order valence-corrected chi connectivity index (χ4v) is 1.57. The van der Waals surface area contributed by atoms with Gasteiger partial charge in [0.2, 0.25) is 0 Å². The van der Waals surface area contributed by atoms with Crippen LogP contribution in [0.1, 0.15) is 12.0 Å². The van der Waals surface area contributed by atoms with Crippen molar-refractivity contribution >= 4 is 11.6 Å². The van der Waals surface area contributed by atoms with Gasteiger partial charge in [0.25, 0.3) is 0 Å². The summed E-state index contributed by atoms with van der Waals surface area (Å²) in [6.45, 7) is 4.15. The van der Waals surface area contributed by atoms with Crippen molar-refractivity contribution in [3.8, 4) is 5.75 Å². The molecule has 1 unspecified atom stereocenters. The average Bonchev–Trinajstić information content (AvgIpc) is 2.36. The Kier molecular flexibility index (Phi) is 7.05. The van der Waals surface area contributed by atoms with Crippen LogP contribution in [0.15, 0.2) is 18.2 Å². The van der Waals surface area contributed by atoms with E-state index in [4.69, 9.17) is 22.1 Å². The van der Waals surface area contributed by atoms with Gasteiger partial charge in [-0.1, -0.05) is 11.6 Å². The maximum absolute atomic E-state index is 9.69. The van der Waals surface area contributed by atoms with Crippen molar-refractivity contribution < 1.29 is 9.84 Å². The van der Waals surface area contributed by atoms with Gasteiger partial charge in [-0.15, -0.1) is 0 Å². The van der Waals surface area contributed by atoms with E-state index in [0.717, 1.165) is 24.3 Å². The molecular weight excluding hydrogens is 252 g/mol. The van der Waals surface area contributed by atoms with Crippen molar-refractivity contribution in [2.24, 2.45) is 5.73 Å². The lowest BCUT2D eigenvalue weighted by atomic mass is 10.2. The average molecular weight is 273 g/mol. The van der Waals surface area contributed by atoms with Crippen molar-refractivity contribution in [1.29, 1.82) is 0 Å². The largest absolute Gasteiger partial charge is 0.491 e. The van der Waals surface area contributed by atoms with Gasteiger partial charge >= 0.3 is 0 Å². The quantitative estimate of drug-likeness (QED) is 0.625. The zero-order chi connectivity index (χ0) is 13.4. The Balaban J connectivity index is 2.24. The molecule has 0 aliphatic rings. The van der Waals surface area contributed by atoms with E-state index < -0.39 is 6.10 Å². The van der Waals surface area contributed by atoms with Crippen molar-refractivity contribution in [3.63, 3.8) is 0 Å². The normalized spacial score (nSPS) is 12.4. The van der Waals surface area contributed by atoms with Crippen molar-refractivity contribution in [2.45, 2.75) is 19.4 Å². The minimum atomic E-state index is -0.529. The van der Waals surface area contributed by atoms with Crippen LogP contribution in [0.3, 0.4) is 0 Å². The Morgan fingerprint density at radius 3 is 2.94 bits per heavy atom. The molecule has 0 saturated carbocycles.